The fourth-order valence-corrected chi connectivity index (χ4v) is 3.47. The number of nitrogens with one attached hydrogen (secondary N) is 1. The lowest BCUT2D eigenvalue weighted by molar-refractivity contribution is 0.393. The summed E-state index contributed by atoms with van der Waals surface area (Å²) in [7, 11) is 0. The van der Waals surface area contributed by atoms with E-state index in [1.807, 2.05) is 20.8 Å². The van der Waals surface area contributed by atoms with Crippen molar-refractivity contribution in [3.63, 3.8) is 0 Å². The Morgan fingerprint density at radius 1 is 1.00 bits per heavy atom. The number of benzene rings is 2. The minimum atomic E-state index is 0.849. The third-order valence-electron chi connectivity index (χ3n) is 4.63. The van der Waals surface area contributed by atoms with Crippen molar-refractivity contribution in [2.45, 2.75) is 33.6 Å². The molecule has 0 aliphatic rings. The highest BCUT2D eigenvalue weighted by Crippen LogP contribution is 2.31. The molecule has 2 aromatic carbocycles. The average molecular weight is 331 g/mol. The van der Waals surface area contributed by atoms with Crippen molar-refractivity contribution < 1.29 is 4.52 Å². The number of aryl methyl sites for hydroxylation is 5. The van der Waals surface area contributed by atoms with Crippen LogP contribution in [0.5, 0.6) is 0 Å². The number of rotatable bonds is 4. The van der Waals surface area contributed by atoms with Crippen LogP contribution in [-0.2, 0) is 12.8 Å². The average Bonchev–Trinajstić information content (AvgIpc) is 3.14. The van der Waals surface area contributed by atoms with Crippen LogP contribution in [0.4, 0.5) is 0 Å². The van der Waals surface area contributed by atoms with Gasteiger partial charge >= 0.3 is 0 Å². The first kappa shape index (κ1) is 15.6. The van der Waals surface area contributed by atoms with Crippen LogP contribution in [0.1, 0.15) is 28.4 Å². The van der Waals surface area contributed by atoms with Crippen LogP contribution in [0.25, 0.3) is 22.2 Å². The summed E-state index contributed by atoms with van der Waals surface area (Å²) in [6, 6.07) is 15.0. The molecule has 0 fully saturated rings. The highest BCUT2D eigenvalue weighted by molar-refractivity contribution is 5.86. The predicted molar refractivity (Wildman–Crippen MR) is 99.7 cm³/mol. The lowest BCUT2D eigenvalue weighted by Gasteiger charge is -2.07. The van der Waals surface area contributed by atoms with Crippen LogP contribution in [0.15, 0.2) is 47.0 Å². The Labute approximate surface area is 146 Å². The molecule has 1 N–H and O–H groups in total. The van der Waals surface area contributed by atoms with Gasteiger partial charge in [-0.05, 0) is 62.4 Å². The van der Waals surface area contributed by atoms with Gasteiger partial charge in [-0.2, -0.15) is 0 Å². The fourth-order valence-electron chi connectivity index (χ4n) is 3.47. The predicted octanol–water partition coefficient (Wildman–Crippen LogP) is 4.93. The summed E-state index contributed by atoms with van der Waals surface area (Å²) in [6.07, 6.45) is 1.94. The number of hydrogen-bond acceptors (Lipinski definition) is 3. The van der Waals surface area contributed by atoms with Gasteiger partial charge in [-0.3, -0.25) is 0 Å². The Bertz CT molecular complexity index is 1010. The summed E-state index contributed by atoms with van der Waals surface area (Å²) in [5.41, 5.74) is 7.85. The maximum atomic E-state index is 5.36. The molecule has 126 valence electrons. The molecule has 0 atom stereocenters. The second-order valence-electron chi connectivity index (χ2n) is 6.54. The smallest absolute Gasteiger partial charge is 0.141 e. The van der Waals surface area contributed by atoms with Gasteiger partial charge in [0.1, 0.15) is 11.6 Å². The first-order chi connectivity index (χ1) is 12.1. The molecule has 2 heterocycles. The molecule has 2 aromatic heterocycles. The molecule has 4 nitrogen and oxygen atoms in total. The molecule has 0 saturated heterocycles. The van der Waals surface area contributed by atoms with E-state index in [1.165, 1.54) is 11.1 Å². The lowest BCUT2D eigenvalue weighted by Crippen LogP contribution is -1.94. The number of aromatic amines is 1. The molecule has 0 spiro atoms. The van der Waals surface area contributed by atoms with Gasteiger partial charge in [-0.25, -0.2) is 4.98 Å². The highest BCUT2D eigenvalue weighted by atomic mass is 16.5. The van der Waals surface area contributed by atoms with Crippen molar-refractivity contribution in [3.05, 3.63) is 70.9 Å². The number of H-pyrrole nitrogens is 1. The lowest BCUT2D eigenvalue weighted by atomic mass is 9.97. The van der Waals surface area contributed by atoms with Crippen molar-refractivity contribution in [2.24, 2.45) is 0 Å². The van der Waals surface area contributed by atoms with E-state index in [9.17, 15) is 0 Å². The van der Waals surface area contributed by atoms with Crippen LogP contribution >= 0.6 is 0 Å². The highest BCUT2D eigenvalue weighted by Gasteiger charge is 2.15. The van der Waals surface area contributed by atoms with Crippen LogP contribution in [0, 0.1) is 20.8 Å². The van der Waals surface area contributed by atoms with E-state index in [-0.39, 0.29) is 0 Å². The number of hydrogen-bond donors (Lipinski definition) is 1. The van der Waals surface area contributed by atoms with E-state index >= 15 is 0 Å². The Balaban J connectivity index is 1.79. The van der Waals surface area contributed by atoms with Gasteiger partial charge in [0.25, 0.3) is 0 Å². The molecule has 4 aromatic rings. The summed E-state index contributed by atoms with van der Waals surface area (Å²) in [5, 5.41) is 4.10. The second-order valence-corrected chi connectivity index (χ2v) is 6.54. The topological polar surface area (TPSA) is 54.7 Å². The van der Waals surface area contributed by atoms with E-state index in [2.05, 4.69) is 52.6 Å². The van der Waals surface area contributed by atoms with Crippen LogP contribution < -0.4 is 0 Å². The molecule has 0 amide bonds. The third-order valence-corrected chi connectivity index (χ3v) is 4.63. The molecule has 0 bridgehead atoms. The van der Waals surface area contributed by atoms with Crippen LogP contribution in [-0.4, -0.2) is 15.1 Å². The zero-order chi connectivity index (χ0) is 17.4. The maximum absolute atomic E-state index is 5.36. The second kappa shape index (κ2) is 6.20. The summed E-state index contributed by atoms with van der Waals surface area (Å²) in [6.45, 7) is 5.94. The van der Waals surface area contributed by atoms with Gasteiger partial charge < -0.3 is 9.51 Å². The van der Waals surface area contributed by atoms with Gasteiger partial charge in [0.15, 0.2) is 0 Å². The SMILES string of the molecule is Cc1nc2c(CCc3ccccc3)cc(-c3c(C)noc3C)cc2[nH]1. The van der Waals surface area contributed by atoms with E-state index < -0.39 is 0 Å². The Hall–Kier alpha value is -2.88. The largest absolute Gasteiger partial charge is 0.361 e. The van der Waals surface area contributed by atoms with Gasteiger partial charge in [0.05, 0.1) is 16.7 Å². The zero-order valence-corrected chi connectivity index (χ0v) is 14.8. The van der Waals surface area contributed by atoms with Crippen LogP contribution in [0.2, 0.25) is 0 Å². The first-order valence-electron chi connectivity index (χ1n) is 8.58. The zero-order valence-electron chi connectivity index (χ0n) is 14.8. The molecular weight excluding hydrogens is 310 g/mol. The molecular formula is C21H21N3O. The van der Waals surface area contributed by atoms with Gasteiger partial charge in [0, 0.05) is 5.56 Å². The molecule has 0 saturated carbocycles. The molecule has 0 aliphatic heterocycles. The number of nitrogens with zero attached hydrogens (tertiary/aromatic N) is 2. The quantitative estimate of drug-likeness (QED) is 0.577. The van der Waals surface area contributed by atoms with E-state index in [1.54, 1.807) is 0 Å². The van der Waals surface area contributed by atoms with Crippen molar-refractivity contribution in [3.8, 4) is 11.1 Å². The Morgan fingerprint density at radius 3 is 2.52 bits per heavy atom. The van der Waals surface area contributed by atoms with E-state index in [0.717, 1.165) is 52.3 Å². The van der Waals surface area contributed by atoms with Gasteiger partial charge in [-0.1, -0.05) is 35.5 Å². The summed E-state index contributed by atoms with van der Waals surface area (Å²) < 4.78 is 5.36. The monoisotopic (exact) mass is 331 g/mol. The summed E-state index contributed by atoms with van der Waals surface area (Å²) >= 11 is 0. The van der Waals surface area contributed by atoms with Crippen LogP contribution in [0.3, 0.4) is 0 Å². The molecule has 0 unspecified atom stereocenters. The number of fused-ring (bicyclic) bond motifs is 1. The number of aromatic nitrogens is 3. The van der Waals surface area contributed by atoms with Crippen molar-refractivity contribution in [1.82, 2.24) is 15.1 Å². The fraction of sp³-hybridized carbons (Fsp3) is 0.238. The number of imidazole rings is 1. The molecule has 4 rings (SSSR count). The normalized spacial score (nSPS) is 11.3. The minimum absolute atomic E-state index is 0.849. The van der Waals surface area contributed by atoms with E-state index in [0.29, 0.717) is 0 Å². The first-order valence-corrected chi connectivity index (χ1v) is 8.58. The van der Waals surface area contributed by atoms with Crippen molar-refractivity contribution >= 4 is 11.0 Å². The van der Waals surface area contributed by atoms with E-state index in [4.69, 9.17) is 9.51 Å². The summed E-state index contributed by atoms with van der Waals surface area (Å²) in [4.78, 5) is 8.07. The van der Waals surface area contributed by atoms with Gasteiger partial charge in [-0.15, -0.1) is 0 Å². The maximum Gasteiger partial charge on any atom is 0.141 e. The Kier molecular flexibility index (Phi) is 3.88. The molecule has 4 heteroatoms. The molecule has 25 heavy (non-hydrogen) atoms. The molecule has 0 radical (unpaired) electrons. The van der Waals surface area contributed by atoms with Gasteiger partial charge in [0.2, 0.25) is 0 Å². The van der Waals surface area contributed by atoms with Crippen molar-refractivity contribution in [2.75, 3.05) is 0 Å². The van der Waals surface area contributed by atoms with Crippen molar-refractivity contribution in [1.29, 1.82) is 0 Å². The minimum Gasteiger partial charge on any atom is -0.361 e. The standard InChI is InChI=1S/C21H21N3O/c1-13-20(14(2)25-24-13)18-11-17(10-9-16-7-5-4-6-8-16)21-19(12-18)22-15(3)23-21/h4-8,11-12H,9-10H2,1-3H3,(H,22,23). The summed E-state index contributed by atoms with van der Waals surface area (Å²) in [5.74, 6) is 1.79. The Morgan fingerprint density at radius 2 is 1.80 bits per heavy atom. The molecule has 0 aliphatic carbocycles. The third kappa shape index (κ3) is 2.95.